The molecule has 3 rings (SSSR count). The van der Waals surface area contributed by atoms with Gasteiger partial charge < -0.3 is 9.47 Å². The van der Waals surface area contributed by atoms with Crippen LogP contribution in [0.2, 0.25) is 0 Å². The summed E-state index contributed by atoms with van der Waals surface area (Å²) in [6.07, 6.45) is 0. The first-order chi connectivity index (χ1) is 13.1. The van der Waals surface area contributed by atoms with E-state index in [0.29, 0.717) is 25.5 Å². The summed E-state index contributed by atoms with van der Waals surface area (Å²) in [6, 6.07) is 17.7. The fourth-order valence-electron chi connectivity index (χ4n) is 2.68. The molecule has 0 saturated carbocycles. The maximum atomic E-state index is 11.9. The van der Waals surface area contributed by atoms with Crippen LogP contribution >= 0.6 is 15.9 Å². The van der Waals surface area contributed by atoms with E-state index >= 15 is 0 Å². The standard InChI is InChI=1S/C21H21BrN2O3/c1-3-26-21(25)19-11-15(2)24(23-19)13-17-12-18(22)9-10-20(17)27-14-16-7-5-4-6-8-16/h4-12H,3,13-14H2,1-2H3. The summed E-state index contributed by atoms with van der Waals surface area (Å²) in [7, 11) is 0. The molecular weight excluding hydrogens is 408 g/mol. The molecule has 0 aliphatic carbocycles. The lowest BCUT2D eigenvalue weighted by molar-refractivity contribution is 0.0518. The van der Waals surface area contributed by atoms with E-state index in [1.807, 2.05) is 55.5 Å². The van der Waals surface area contributed by atoms with Gasteiger partial charge in [0.2, 0.25) is 0 Å². The zero-order valence-electron chi connectivity index (χ0n) is 15.3. The summed E-state index contributed by atoms with van der Waals surface area (Å²) in [6.45, 7) is 5.00. The quantitative estimate of drug-likeness (QED) is 0.509. The second-order valence-corrected chi connectivity index (χ2v) is 6.99. The molecule has 5 nitrogen and oxygen atoms in total. The van der Waals surface area contributed by atoms with Crippen molar-refractivity contribution in [2.24, 2.45) is 0 Å². The first-order valence-electron chi connectivity index (χ1n) is 8.73. The number of halogens is 1. The molecule has 0 spiro atoms. The summed E-state index contributed by atoms with van der Waals surface area (Å²) >= 11 is 3.51. The number of esters is 1. The smallest absolute Gasteiger partial charge is 0.358 e. The van der Waals surface area contributed by atoms with Gasteiger partial charge in [0.15, 0.2) is 5.69 Å². The second kappa shape index (κ2) is 8.86. The van der Waals surface area contributed by atoms with Crippen molar-refractivity contribution in [3.63, 3.8) is 0 Å². The molecule has 0 aliphatic rings. The van der Waals surface area contributed by atoms with Gasteiger partial charge in [0.05, 0.1) is 13.2 Å². The number of ether oxygens (including phenoxy) is 2. The molecule has 0 unspecified atom stereocenters. The minimum Gasteiger partial charge on any atom is -0.489 e. The Hall–Kier alpha value is -2.60. The highest BCUT2D eigenvalue weighted by atomic mass is 79.9. The number of carbonyl (C=O) groups excluding carboxylic acids is 1. The predicted molar refractivity (Wildman–Crippen MR) is 107 cm³/mol. The minimum absolute atomic E-state index is 0.316. The average molecular weight is 429 g/mol. The Morgan fingerprint density at radius 3 is 2.67 bits per heavy atom. The van der Waals surface area contributed by atoms with Crippen molar-refractivity contribution in [1.82, 2.24) is 9.78 Å². The first kappa shape index (κ1) is 19.2. The van der Waals surface area contributed by atoms with Crippen LogP contribution in [-0.2, 0) is 17.9 Å². The van der Waals surface area contributed by atoms with Gasteiger partial charge in [0, 0.05) is 15.7 Å². The van der Waals surface area contributed by atoms with Gasteiger partial charge in [-0.15, -0.1) is 0 Å². The highest BCUT2D eigenvalue weighted by molar-refractivity contribution is 9.10. The number of aromatic nitrogens is 2. The molecule has 0 radical (unpaired) electrons. The highest BCUT2D eigenvalue weighted by Gasteiger charge is 2.15. The number of hydrogen-bond donors (Lipinski definition) is 0. The molecular formula is C21H21BrN2O3. The van der Waals surface area contributed by atoms with E-state index in [2.05, 4.69) is 21.0 Å². The van der Waals surface area contributed by atoms with Crippen LogP contribution in [-0.4, -0.2) is 22.4 Å². The predicted octanol–water partition coefficient (Wildman–Crippen LogP) is 4.76. The van der Waals surface area contributed by atoms with E-state index in [4.69, 9.17) is 9.47 Å². The summed E-state index contributed by atoms with van der Waals surface area (Å²) in [4.78, 5) is 11.9. The molecule has 0 fully saturated rings. The first-order valence-corrected chi connectivity index (χ1v) is 9.53. The highest BCUT2D eigenvalue weighted by Crippen LogP contribution is 2.25. The Morgan fingerprint density at radius 1 is 1.15 bits per heavy atom. The molecule has 2 aromatic carbocycles. The topological polar surface area (TPSA) is 53.4 Å². The van der Waals surface area contributed by atoms with E-state index in [1.54, 1.807) is 17.7 Å². The molecule has 3 aromatic rings. The van der Waals surface area contributed by atoms with E-state index in [1.165, 1.54) is 0 Å². The maximum absolute atomic E-state index is 11.9. The van der Waals surface area contributed by atoms with Gasteiger partial charge in [-0.25, -0.2) is 4.79 Å². The van der Waals surface area contributed by atoms with Crippen molar-refractivity contribution in [1.29, 1.82) is 0 Å². The lowest BCUT2D eigenvalue weighted by Crippen LogP contribution is -2.09. The number of nitrogens with zero attached hydrogens (tertiary/aromatic N) is 2. The van der Waals surface area contributed by atoms with Crippen LogP contribution in [0.1, 0.15) is 34.2 Å². The lowest BCUT2D eigenvalue weighted by atomic mass is 10.2. The largest absolute Gasteiger partial charge is 0.489 e. The fourth-order valence-corrected chi connectivity index (χ4v) is 3.09. The Morgan fingerprint density at radius 2 is 1.93 bits per heavy atom. The van der Waals surface area contributed by atoms with E-state index in [9.17, 15) is 4.79 Å². The van der Waals surface area contributed by atoms with Gasteiger partial charge in [-0.3, -0.25) is 4.68 Å². The van der Waals surface area contributed by atoms with Gasteiger partial charge in [-0.2, -0.15) is 5.10 Å². The molecule has 0 atom stereocenters. The summed E-state index contributed by atoms with van der Waals surface area (Å²) in [5.74, 6) is 0.379. The van der Waals surface area contributed by atoms with Crippen LogP contribution in [0, 0.1) is 6.92 Å². The Balaban J connectivity index is 1.80. The number of benzene rings is 2. The number of rotatable bonds is 7. The van der Waals surface area contributed by atoms with Gasteiger partial charge >= 0.3 is 5.97 Å². The van der Waals surface area contributed by atoms with Crippen LogP contribution in [0.15, 0.2) is 59.1 Å². The fraction of sp³-hybridized carbons (Fsp3) is 0.238. The molecule has 1 heterocycles. The number of hydrogen-bond acceptors (Lipinski definition) is 4. The van der Waals surface area contributed by atoms with Crippen LogP contribution in [0.25, 0.3) is 0 Å². The summed E-state index contributed by atoms with van der Waals surface area (Å²) < 4.78 is 13.8. The molecule has 1 aromatic heterocycles. The lowest BCUT2D eigenvalue weighted by Gasteiger charge is -2.13. The number of carbonyl (C=O) groups is 1. The third kappa shape index (κ3) is 4.98. The van der Waals surface area contributed by atoms with Crippen LogP contribution < -0.4 is 4.74 Å². The Bertz CT molecular complexity index is 922. The van der Waals surface area contributed by atoms with Crippen LogP contribution in [0.4, 0.5) is 0 Å². The molecule has 0 bridgehead atoms. The van der Waals surface area contributed by atoms with Crippen molar-refractivity contribution < 1.29 is 14.3 Å². The molecule has 0 amide bonds. The van der Waals surface area contributed by atoms with Crippen molar-refractivity contribution in [3.05, 3.63) is 81.6 Å². The normalized spacial score (nSPS) is 10.6. The third-order valence-electron chi connectivity index (χ3n) is 4.05. The molecule has 0 saturated heterocycles. The Kier molecular flexibility index (Phi) is 6.29. The molecule has 6 heteroatoms. The van der Waals surface area contributed by atoms with Gasteiger partial charge in [-0.1, -0.05) is 46.3 Å². The third-order valence-corrected chi connectivity index (χ3v) is 4.54. The summed E-state index contributed by atoms with van der Waals surface area (Å²) in [5.41, 5.74) is 3.27. The SMILES string of the molecule is CCOC(=O)c1cc(C)n(Cc2cc(Br)ccc2OCc2ccccc2)n1. The zero-order chi connectivity index (χ0) is 19.2. The zero-order valence-corrected chi connectivity index (χ0v) is 16.9. The van der Waals surface area contributed by atoms with Crippen molar-refractivity contribution >= 4 is 21.9 Å². The molecule has 27 heavy (non-hydrogen) atoms. The monoisotopic (exact) mass is 428 g/mol. The van der Waals surface area contributed by atoms with E-state index < -0.39 is 5.97 Å². The molecule has 0 aliphatic heterocycles. The van der Waals surface area contributed by atoms with Crippen LogP contribution in [0.3, 0.4) is 0 Å². The molecule has 0 N–H and O–H groups in total. The van der Waals surface area contributed by atoms with Gasteiger partial charge in [0.25, 0.3) is 0 Å². The van der Waals surface area contributed by atoms with E-state index in [-0.39, 0.29) is 0 Å². The average Bonchev–Trinajstić information content (AvgIpc) is 3.03. The summed E-state index contributed by atoms with van der Waals surface area (Å²) in [5, 5.41) is 4.38. The van der Waals surface area contributed by atoms with Crippen molar-refractivity contribution in [3.8, 4) is 5.75 Å². The second-order valence-electron chi connectivity index (χ2n) is 6.08. The van der Waals surface area contributed by atoms with E-state index in [0.717, 1.165) is 27.0 Å². The van der Waals surface area contributed by atoms with Crippen LogP contribution in [0.5, 0.6) is 5.75 Å². The molecule has 140 valence electrons. The Labute approximate surface area is 167 Å². The number of aryl methyl sites for hydroxylation is 1. The van der Waals surface area contributed by atoms with Gasteiger partial charge in [0.1, 0.15) is 12.4 Å². The maximum Gasteiger partial charge on any atom is 0.358 e. The van der Waals surface area contributed by atoms with Crippen molar-refractivity contribution in [2.45, 2.75) is 27.0 Å². The van der Waals surface area contributed by atoms with Gasteiger partial charge in [-0.05, 0) is 43.7 Å². The van der Waals surface area contributed by atoms with Crippen molar-refractivity contribution in [2.75, 3.05) is 6.61 Å². The minimum atomic E-state index is -0.408.